The lowest BCUT2D eigenvalue weighted by Gasteiger charge is -2.12. The Morgan fingerprint density at radius 3 is 2.64 bits per heavy atom. The topological polar surface area (TPSA) is 125 Å². The van der Waals surface area contributed by atoms with Gasteiger partial charge < -0.3 is 14.9 Å². The highest BCUT2D eigenvalue weighted by atomic mass is 32.2. The molecule has 0 bridgehead atoms. The van der Waals surface area contributed by atoms with E-state index in [1.54, 1.807) is 38.1 Å². The number of carbonyl (C=O) groups excluding carboxylic acids is 1. The van der Waals surface area contributed by atoms with Crippen LogP contribution in [0.4, 0.5) is 11.4 Å². The minimum Gasteiger partial charge on any atom is -0.538 e. The van der Waals surface area contributed by atoms with Crippen LogP contribution in [-0.4, -0.2) is 21.4 Å². The largest absolute Gasteiger partial charge is 0.538 e. The van der Waals surface area contributed by atoms with Crippen molar-refractivity contribution in [2.75, 3.05) is 5.32 Å². The van der Waals surface area contributed by atoms with E-state index in [1.807, 2.05) is 6.07 Å². The van der Waals surface area contributed by atoms with Gasteiger partial charge in [-0.2, -0.15) is 0 Å². The molecule has 1 N–H and O–H groups in total. The Morgan fingerprint density at radius 2 is 2.00 bits per heavy atom. The third kappa shape index (κ3) is 4.12. The van der Waals surface area contributed by atoms with Crippen LogP contribution in [0.25, 0.3) is 5.69 Å². The normalized spacial score (nSPS) is 11.8. The summed E-state index contributed by atoms with van der Waals surface area (Å²) >= 11 is 1.01. The number of non-ortho nitro benzene ring substituents is 1. The Bertz CT molecular complexity index is 1020. The first-order chi connectivity index (χ1) is 13.4. The monoisotopic (exact) mass is 400 g/mol. The third-order valence-corrected chi connectivity index (χ3v) is 5.04. The summed E-state index contributed by atoms with van der Waals surface area (Å²) in [6.45, 7) is 3.31. The van der Waals surface area contributed by atoms with Crippen molar-refractivity contribution in [2.45, 2.75) is 24.1 Å². The van der Waals surface area contributed by atoms with Crippen LogP contribution in [0.15, 0.2) is 58.1 Å². The number of thioether (sulfide) groups is 1. The number of anilines is 1. The van der Waals surface area contributed by atoms with E-state index in [0.717, 1.165) is 11.8 Å². The number of nitro benzene ring substituents is 1. The molecule has 1 aromatic heterocycles. The summed E-state index contributed by atoms with van der Waals surface area (Å²) in [4.78, 5) is 22.9. The molecule has 0 aliphatic carbocycles. The quantitative estimate of drug-likeness (QED) is 0.291. The second-order valence-corrected chi connectivity index (χ2v) is 7.25. The molecule has 0 aliphatic rings. The molecule has 1 atom stereocenters. The summed E-state index contributed by atoms with van der Waals surface area (Å²) in [5, 5.41) is 28.8. The Hall–Kier alpha value is -3.40. The third-order valence-electron chi connectivity index (χ3n) is 3.91. The fourth-order valence-electron chi connectivity index (χ4n) is 2.43. The van der Waals surface area contributed by atoms with Crippen molar-refractivity contribution in [2.24, 2.45) is 0 Å². The van der Waals surface area contributed by atoms with Crippen LogP contribution < -0.4 is 15.1 Å². The first-order valence-electron chi connectivity index (χ1n) is 8.24. The number of hydrogen-bond donors (Lipinski definition) is 1. The lowest BCUT2D eigenvalue weighted by Crippen LogP contribution is -2.36. The van der Waals surface area contributed by atoms with Crippen molar-refractivity contribution in [1.82, 2.24) is 5.27 Å². The number of amides is 1. The molecule has 2 aromatic carbocycles. The van der Waals surface area contributed by atoms with Crippen LogP contribution in [0.3, 0.4) is 0 Å². The maximum atomic E-state index is 12.5. The number of para-hydroxylation sites is 1. The summed E-state index contributed by atoms with van der Waals surface area (Å²) in [6.07, 6.45) is 0. The Balaban J connectivity index is 1.75. The van der Waals surface area contributed by atoms with Crippen LogP contribution in [0.2, 0.25) is 0 Å². The molecule has 0 saturated carbocycles. The second kappa shape index (κ2) is 8.09. The van der Waals surface area contributed by atoms with E-state index in [1.165, 1.54) is 22.9 Å². The van der Waals surface area contributed by atoms with Crippen molar-refractivity contribution in [3.05, 3.63) is 64.2 Å². The zero-order valence-corrected chi connectivity index (χ0v) is 15.8. The molecule has 28 heavy (non-hydrogen) atoms. The molecule has 1 amide bonds. The smallest absolute Gasteiger partial charge is 0.298 e. The average molecular weight is 400 g/mol. The molecule has 0 radical (unpaired) electrons. The SMILES string of the molecule is Cc1cc([N+](=O)[O-])ccc1NC(=O)C(C)Sc1c([O-])on[n+]1-c1ccccc1. The first-order valence-corrected chi connectivity index (χ1v) is 9.12. The molecule has 1 heterocycles. The number of rotatable bonds is 6. The van der Waals surface area contributed by atoms with Gasteiger partial charge in [-0.05, 0) is 41.9 Å². The van der Waals surface area contributed by atoms with Gasteiger partial charge in [0.2, 0.25) is 11.6 Å². The van der Waals surface area contributed by atoms with Gasteiger partial charge >= 0.3 is 0 Å². The highest BCUT2D eigenvalue weighted by Gasteiger charge is 2.26. The van der Waals surface area contributed by atoms with Gasteiger partial charge in [0.05, 0.1) is 15.4 Å². The summed E-state index contributed by atoms with van der Waals surface area (Å²) in [5.41, 5.74) is 1.61. The number of benzene rings is 2. The van der Waals surface area contributed by atoms with Crippen LogP contribution in [-0.2, 0) is 4.79 Å². The van der Waals surface area contributed by atoms with Crippen molar-refractivity contribution in [3.63, 3.8) is 0 Å². The van der Waals surface area contributed by atoms with E-state index in [2.05, 4.69) is 10.6 Å². The average Bonchev–Trinajstić information content (AvgIpc) is 3.04. The van der Waals surface area contributed by atoms with Gasteiger partial charge in [-0.3, -0.25) is 14.9 Å². The number of nitro groups is 1. The first kappa shape index (κ1) is 19.4. The standard InChI is InChI=1S/C18H16N4O5S/c1-11-10-14(22(25)26)8-9-15(11)19-16(23)12(2)28-17-18(24)27-20-21(17)13-6-4-3-5-7-13/h3-10,12H,1-2H3,(H-,19,20,23,24). The summed E-state index contributed by atoms with van der Waals surface area (Å²) in [7, 11) is 0. The molecule has 9 nitrogen and oxygen atoms in total. The van der Waals surface area contributed by atoms with Crippen LogP contribution in [0, 0.1) is 17.0 Å². The summed E-state index contributed by atoms with van der Waals surface area (Å²) in [6, 6.07) is 13.1. The van der Waals surface area contributed by atoms with Gasteiger partial charge in [0.15, 0.2) is 5.95 Å². The molecule has 10 heteroatoms. The highest BCUT2D eigenvalue weighted by Crippen LogP contribution is 2.28. The number of carbonyl (C=O) groups is 1. The van der Waals surface area contributed by atoms with Gasteiger partial charge in [0.1, 0.15) is 0 Å². The fraction of sp³-hybridized carbons (Fsp3) is 0.167. The van der Waals surface area contributed by atoms with E-state index in [9.17, 15) is 20.0 Å². The van der Waals surface area contributed by atoms with Crippen molar-refractivity contribution in [1.29, 1.82) is 0 Å². The minimum atomic E-state index is -0.642. The fourth-order valence-corrected chi connectivity index (χ4v) is 3.30. The lowest BCUT2D eigenvalue weighted by molar-refractivity contribution is -0.705. The van der Waals surface area contributed by atoms with E-state index in [4.69, 9.17) is 4.52 Å². The molecule has 0 saturated heterocycles. The van der Waals surface area contributed by atoms with Crippen molar-refractivity contribution in [3.8, 4) is 11.6 Å². The van der Waals surface area contributed by atoms with Crippen LogP contribution in [0.1, 0.15) is 12.5 Å². The molecule has 0 aliphatic heterocycles. The van der Waals surface area contributed by atoms with Gasteiger partial charge in [0.25, 0.3) is 10.7 Å². The molecule has 1 unspecified atom stereocenters. The summed E-state index contributed by atoms with van der Waals surface area (Å²) < 4.78 is 6.09. The second-order valence-electron chi connectivity index (χ2n) is 5.92. The number of nitrogens with zero attached hydrogens (tertiary/aromatic N) is 3. The molecular weight excluding hydrogens is 384 g/mol. The number of aryl methyl sites for hydroxylation is 1. The number of aromatic nitrogens is 2. The maximum Gasteiger partial charge on any atom is 0.298 e. The highest BCUT2D eigenvalue weighted by molar-refractivity contribution is 8.00. The van der Waals surface area contributed by atoms with Crippen LogP contribution >= 0.6 is 11.8 Å². The van der Waals surface area contributed by atoms with Crippen LogP contribution in [0.5, 0.6) is 5.95 Å². The van der Waals surface area contributed by atoms with E-state index >= 15 is 0 Å². The minimum absolute atomic E-state index is 0.0534. The Morgan fingerprint density at radius 1 is 1.29 bits per heavy atom. The summed E-state index contributed by atoms with van der Waals surface area (Å²) in [5.74, 6) is -0.998. The van der Waals surface area contributed by atoms with Crippen molar-refractivity contribution < 1.29 is 24.0 Å². The predicted octanol–water partition coefficient (Wildman–Crippen LogP) is 2.36. The number of nitrogens with one attached hydrogen (secondary N) is 1. The molecule has 0 fully saturated rings. The van der Waals surface area contributed by atoms with E-state index < -0.39 is 16.1 Å². The Labute approximate surface area is 164 Å². The van der Waals surface area contributed by atoms with Gasteiger partial charge in [-0.15, -0.1) is 0 Å². The van der Waals surface area contributed by atoms with E-state index in [0.29, 0.717) is 16.9 Å². The lowest BCUT2D eigenvalue weighted by atomic mass is 10.2. The molecule has 144 valence electrons. The van der Waals surface area contributed by atoms with Crippen molar-refractivity contribution >= 4 is 29.0 Å². The van der Waals surface area contributed by atoms with Gasteiger partial charge in [-0.1, -0.05) is 18.2 Å². The zero-order valence-electron chi connectivity index (χ0n) is 15.0. The molecule has 3 rings (SSSR count). The van der Waals surface area contributed by atoms with Gasteiger partial charge in [0, 0.05) is 30.0 Å². The predicted molar refractivity (Wildman–Crippen MR) is 99.3 cm³/mol. The molecule has 0 spiro atoms. The van der Waals surface area contributed by atoms with Gasteiger partial charge in [-0.25, -0.2) is 0 Å². The maximum absolute atomic E-state index is 12.5. The molecular formula is C18H16N4O5S. The molecule has 3 aromatic rings. The Kier molecular flexibility index (Phi) is 5.59. The number of hydrogen-bond acceptors (Lipinski definition) is 7. The van der Waals surface area contributed by atoms with E-state index in [-0.39, 0.29) is 16.6 Å². The zero-order chi connectivity index (χ0) is 20.3.